The average molecular weight is 518 g/mol. The predicted molar refractivity (Wildman–Crippen MR) is 132 cm³/mol. The van der Waals surface area contributed by atoms with Crippen LogP contribution in [-0.2, 0) is 32.4 Å². The molecule has 9 heteroatoms. The van der Waals surface area contributed by atoms with E-state index >= 15 is 0 Å². The first kappa shape index (κ1) is 25.0. The van der Waals surface area contributed by atoms with Crippen molar-refractivity contribution in [1.82, 2.24) is 0 Å². The minimum Gasteiger partial charge on any atom is -0.486 e. The molecule has 0 amide bonds. The lowest BCUT2D eigenvalue weighted by Crippen LogP contribution is -2.44. The predicted octanol–water partition coefficient (Wildman–Crippen LogP) is 5.09. The Kier molecular flexibility index (Phi) is 7.33. The van der Waals surface area contributed by atoms with Gasteiger partial charge in [0.05, 0.1) is 30.7 Å². The molecule has 0 spiro atoms. The second kappa shape index (κ2) is 10.3. The Labute approximate surface area is 209 Å². The Hall–Kier alpha value is -3.10. The number of carbonyl (C=O) groups excluding carboxylic acids is 1. The van der Waals surface area contributed by atoms with Crippen molar-refractivity contribution >= 4 is 33.3 Å². The van der Waals surface area contributed by atoms with Crippen molar-refractivity contribution in [1.29, 1.82) is 0 Å². The second-order valence-corrected chi connectivity index (χ2v) is 10.6. The molecule has 0 unspecified atom stereocenters. The maximum absolute atomic E-state index is 14.2. The normalized spacial score (nSPS) is 15.3. The second-order valence-electron chi connectivity index (χ2n) is 8.38. The lowest BCUT2D eigenvalue weighted by molar-refractivity contribution is -0.142. The fourth-order valence-electron chi connectivity index (χ4n) is 4.06. The standard InChI is InChI=1S/C26H25ClFNO5S/c1-17-5-3-6-20(13-17)35(31,32)29-16-19(15-26(30)33-2)34-25-12-10-18(14-24(25)29)9-11-21-22(27)7-4-8-23(21)28/h3-8,10,12-14,19H,9,11,15-16H2,1-2H3/t19-/m0/s1. The van der Waals surface area contributed by atoms with Gasteiger partial charge in [-0.2, -0.15) is 0 Å². The number of aryl methyl sites for hydroxylation is 2. The van der Waals surface area contributed by atoms with Gasteiger partial charge in [0, 0.05) is 10.6 Å². The summed E-state index contributed by atoms with van der Waals surface area (Å²) in [5.74, 6) is -0.535. The van der Waals surface area contributed by atoms with Crippen molar-refractivity contribution in [2.75, 3.05) is 18.0 Å². The summed E-state index contributed by atoms with van der Waals surface area (Å²) in [6.45, 7) is 1.76. The van der Waals surface area contributed by atoms with Gasteiger partial charge in [-0.1, -0.05) is 35.9 Å². The minimum absolute atomic E-state index is 0.0546. The first-order chi connectivity index (χ1) is 16.7. The van der Waals surface area contributed by atoms with E-state index in [0.717, 1.165) is 11.1 Å². The molecule has 1 heterocycles. The van der Waals surface area contributed by atoms with Gasteiger partial charge in [-0.15, -0.1) is 0 Å². The van der Waals surface area contributed by atoms with Crippen LogP contribution in [0.1, 0.15) is 23.1 Å². The van der Waals surface area contributed by atoms with Crippen molar-refractivity contribution in [3.8, 4) is 5.75 Å². The first-order valence-electron chi connectivity index (χ1n) is 11.1. The molecule has 0 fully saturated rings. The van der Waals surface area contributed by atoms with Crippen LogP contribution >= 0.6 is 11.6 Å². The van der Waals surface area contributed by atoms with Crippen molar-refractivity contribution in [3.05, 3.63) is 88.2 Å². The van der Waals surface area contributed by atoms with Gasteiger partial charge in [0.15, 0.2) is 0 Å². The van der Waals surface area contributed by atoms with Gasteiger partial charge < -0.3 is 9.47 Å². The van der Waals surface area contributed by atoms with E-state index in [0.29, 0.717) is 34.9 Å². The Morgan fingerprint density at radius 3 is 2.63 bits per heavy atom. The highest BCUT2D eigenvalue weighted by molar-refractivity contribution is 7.92. The number of halogens is 2. The molecule has 6 nitrogen and oxygen atoms in total. The molecule has 1 aliphatic rings. The van der Waals surface area contributed by atoms with Crippen LogP contribution in [0.4, 0.5) is 10.1 Å². The third-order valence-corrected chi connectivity index (χ3v) is 8.01. The summed E-state index contributed by atoms with van der Waals surface area (Å²) in [4.78, 5) is 12.0. The smallest absolute Gasteiger partial charge is 0.309 e. The summed E-state index contributed by atoms with van der Waals surface area (Å²) in [6.07, 6.45) is -0.0142. The van der Waals surface area contributed by atoms with Crippen LogP contribution < -0.4 is 9.04 Å². The number of carbonyl (C=O) groups is 1. The molecule has 35 heavy (non-hydrogen) atoms. The van der Waals surface area contributed by atoms with Crippen LogP contribution in [0.15, 0.2) is 65.6 Å². The van der Waals surface area contributed by atoms with Gasteiger partial charge in [-0.25, -0.2) is 12.8 Å². The molecule has 4 rings (SSSR count). The zero-order valence-electron chi connectivity index (χ0n) is 19.3. The first-order valence-corrected chi connectivity index (χ1v) is 12.9. The van der Waals surface area contributed by atoms with Crippen LogP contribution in [0.5, 0.6) is 5.75 Å². The number of esters is 1. The van der Waals surface area contributed by atoms with Gasteiger partial charge in [-0.05, 0) is 67.3 Å². The molecule has 3 aromatic carbocycles. The molecule has 1 aliphatic heterocycles. The van der Waals surface area contributed by atoms with Crippen molar-refractivity contribution < 1.29 is 27.1 Å². The topological polar surface area (TPSA) is 72.9 Å². The van der Waals surface area contributed by atoms with E-state index in [9.17, 15) is 17.6 Å². The Balaban J connectivity index is 1.70. The highest BCUT2D eigenvalue weighted by Gasteiger charge is 2.36. The molecule has 1 atom stereocenters. The maximum Gasteiger partial charge on any atom is 0.309 e. The van der Waals surface area contributed by atoms with Gasteiger partial charge in [0.25, 0.3) is 10.0 Å². The van der Waals surface area contributed by atoms with Gasteiger partial charge >= 0.3 is 5.97 Å². The molecular weight excluding hydrogens is 493 g/mol. The lowest BCUT2D eigenvalue weighted by Gasteiger charge is -2.35. The molecule has 0 radical (unpaired) electrons. The third kappa shape index (κ3) is 5.44. The van der Waals surface area contributed by atoms with Crippen molar-refractivity contribution in [2.24, 2.45) is 0 Å². The fraction of sp³-hybridized carbons (Fsp3) is 0.269. The summed E-state index contributed by atoms with van der Waals surface area (Å²) in [6, 6.07) is 16.4. The Morgan fingerprint density at radius 2 is 1.91 bits per heavy atom. The van der Waals surface area contributed by atoms with Crippen molar-refractivity contribution in [2.45, 2.75) is 37.2 Å². The highest BCUT2D eigenvalue weighted by Crippen LogP contribution is 2.39. The summed E-state index contributed by atoms with van der Waals surface area (Å²) in [5.41, 5.74) is 2.37. The molecule has 184 valence electrons. The monoisotopic (exact) mass is 517 g/mol. The van der Waals surface area contributed by atoms with E-state index in [2.05, 4.69) is 0 Å². The van der Waals surface area contributed by atoms with Gasteiger partial charge in [-0.3, -0.25) is 9.10 Å². The number of hydrogen-bond donors (Lipinski definition) is 0. The molecule has 0 saturated carbocycles. The fourth-order valence-corrected chi connectivity index (χ4v) is 5.92. The van der Waals surface area contributed by atoms with E-state index in [4.69, 9.17) is 21.1 Å². The summed E-state index contributed by atoms with van der Waals surface area (Å²) >= 11 is 6.16. The molecule has 0 saturated heterocycles. The minimum atomic E-state index is -3.95. The highest BCUT2D eigenvalue weighted by atomic mass is 35.5. The van der Waals surface area contributed by atoms with E-state index < -0.39 is 22.1 Å². The van der Waals surface area contributed by atoms with E-state index in [1.165, 1.54) is 23.5 Å². The Bertz CT molecular complexity index is 1340. The van der Waals surface area contributed by atoms with Crippen LogP contribution in [0, 0.1) is 12.7 Å². The molecule has 0 bridgehead atoms. The molecule has 3 aromatic rings. The lowest BCUT2D eigenvalue weighted by atomic mass is 10.0. The molecule has 0 N–H and O–H groups in total. The molecule has 0 aliphatic carbocycles. The van der Waals surface area contributed by atoms with Crippen LogP contribution in [0.25, 0.3) is 0 Å². The maximum atomic E-state index is 14.2. The quantitative estimate of drug-likeness (QED) is 0.408. The number of nitrogens with zero attached hydrogens (tertiary/aromatic N) is 1. The number of hydrogen-bond acceptors (Lipinski definition) is 5. The summed E-state index contributed by atoms with van der Waals surface area (Å²) in [5, 5.41) is 0.348. The van der Waals surface area contributed by atoms with Crippen LogP contribution in [-0.4, -0.2) is 34.1 Å². The van der Waals surface area contributed by atoms with Crippen LogP contribution in [0.3, 0.4) is 0 Å². The van der Waals surface area contributed by atoms with Gasteiger partial charge in [0.2, 0.25) is 0 Å². The summed E-state index contributed by atoms with van der Waals surface area (Å²) in [7, 11) is -2.68. The number of methoxy groups -OCH3 is 1. The SMILES string of the molecule is COC(=O)C[C@H]1CN(S(=O)(=O)c2cccc(C)c2)c2cc(CCc3c(F)cccc3Cl)ccc2O1. The zero-order chi connectivity index (χ0) is 25.2. The Morgan fingerprint density at radius 1 is 1.14 bits per heavy atom. The average Bonchev–Trinajstić information content (AvgIpc) is 2.83. The number of sulfonamides is 1. The van der Waals surface area contributed by atoms with E-state index in [1.807, 2.05) is 13.0 Å². The zero-order valence-corrected chi connectivity index (χ0v) is 20.9. The van der Waals surface area contributed by atoms with E-state index in [1.54, 1.807) is 42.5 Å². The number of benzene rings is 3. The van der Waals surface area contributed by atoms with Crippen molar-refractivity contribution in [3.63, 3.8) is 0 Å². The molecular formula is C26H25ClFNO5S. The number of anilines is 1. The number of fused-ring (bicyclic) bond motifs is 1. The number of ether oxygens (including phenoxy) is 2. The third-order valence-electron chi connectivity index (χ3n) is 5.88. The van der Waals surface area contributed by atoms with E-state index in [-0.39, 0.29) is 23.7 Å². The summed E-state index contributed by atoms with van der Waals surface area (Å²) < 4.78 is 53.5. The molecule has 0 aromatic heterocycles. The largest absolute Gasteiger partial charge is 0.486 e. The van der Waals surface area contributed by atoms with Crippen LogP contribution in [0.2, 0.25) is 5.02 Å². The van der Waals surface area contributed by atoms with Gasteiger partial charge in [0.1, 0.15) is 17.7 Å². The number of rotatable bonds is 7.